The topological polar surface area (TPSA) is 96.0 Å². The van der Waals surface area contributed by atoms with Gasteiger partial charge in [-0.15, -0.1) is 0 Å². The molecule has 0 aliphatic carbocycles. The molecule has 0 saturated carbocycles. The van der Waals surface area contributed by atoms with Crippen LogP contribution in [0.1, 0.15) is 29.6 Å². The average Bonchev–Trinajstić information content (AvgIpc) is 2.37. The fraction of sp³-hybridized carbons (Fsp3) is 0.308. The molecule has 0 aromatic heterocycles. The number of unbranched alkanes of at least 4 members (excludes halogenated alkanes) is 1. The summed E-state index contributed by atoms with van der Waals surface area (Å²) in [6, 6.07) is 3.39. The first kappa shape index (κ1) is 15.6. The highest BCUT2D eigenvalue weighted by Gasteiger charge is 2.20. The highest BCUT2D eigenvalue weighted by Crippen LogP contribution is 2.10. The molecule has 2 amide bonds. The van der Waals surface area contributed by atoms with Crippen LogP contribution in [-0.4, -0.2) is 17.9 Å². The van der Waals surface area contributed by atoms with E-state index in [1.165, 1.54) is 0 Å². The number of hydrogen-bond acceptors (Lipinski definition) is 3. The molecule has 106 valence electrons. The number of halogens is 2. The minimum absolute atomic E-state index is 0.178. The van der Waals surface area contributed by atoms with Crippen molar-refractivity contribution in [2.24, 2.45) is 5.73 Å². The summed E-state index contributed by atoms with van der Waals surface area (Å²) in [7, 11) is 0. The zero-order chi connectivity index (χ0) is 15.1. The fourth-order valence-electron chi connectivity index (χ4n) is 1.58. The predicted molar refractivity (Wildman–Crippen MR) is 66.3 cm³/mol. The highest BCUT2D eigenvalue weighted by atomic mass is 19.1. The second-order valence-electron chi connectivity index (χ2n) is 4.10. The van der Waals surface area contributed by atoms with Gasteiger partial charge in [-0.3, -0.25) is 9.59 Å². The molecule has 1 atom stereocenters. The van der Waals surface area contributed by atoms with Crippen molar-refractivity contribution < 1.29 is 18.4 Å². The third-order valence-electron chi connectivity index (χ3n) is 2.61. The van der Waals surface area contributed by atoms with E-state index in [1.807, 2.05) is 6.07 Å². The smallest absolute Gasteiger partial charge is 0.254 e. The molecule has 0 saturated heterocycles. The van der Waals surface area contributed by atoms with Gasteiger partial charge in [-0.05, 0) is 25.0 Å². The summed E-state index contributed by atoms with van der Waals surface area (Å²) in [6.45, 7) is 0. The molecule has 1 rings (SSSR count). The van der Waals surface area contributed by atoms with E-state index in [-0.39, 0.29) is 18.4 Å². The van der Waals surface area contributed by atoms with E-state index >= 15 is 0 Å². The Hall–Kier alpha value is -2.49. The Bertz CT molecular complexity index is 555. The van der Waals surface area contributed by atoms with E-state index in [0.717, 1.165) is 12.1 Å². The zero-order valence-electron chi connectivity index (χ0n) is 10.5. The van der Waals surface area contributed by atoms with E-state index in [0.29, 0.717) is 12.5 Å². The Morgan fingerprint density at radius 1 is 1.40 bits per heavy atom. The molecule has 20 heavy (non-hydrogen) atoms. The highest BCUT2D eigenvalue weighted by molar-refractivity contribution is 5.97. The summed E-state index contributed by atoms with van der Waals surface area (Å²) in [5.41, 5.74) is 4.74. The van der Waals surface area contributed by atoms with E-state index in [9.17, 15) is 18.4 Å². The number of nitriles is 1. The number of nitrogens with zero attached hydrogens (tertiary/aromatic N) is 1. The van der Waals surface area contributed by atoms with E-state index in [4.69, 9.17) is 11.0 Å². The number of rotatable bonds is 6. The third kappa shape index (κ3) is 4.31. The van der Waals surface area contributed by atoms with Gasteiger partial charge in [0.05, 0.1) is 11.6 Å². The number of primary amides is 1. The lowest BCUT2D eigenvalue weighted by Crippen LogP contribution is -2.44. The van der Waals surface area contributed by atoms with Crippen molar-refractivity contribution in [3.63, 3.8) is 0 Å². The van der Waals surface area contributed by atoms with Crippen molar-refractivity contribution in [3.05, 3.63) is 35.4 Å². The molecule has 1 aromatic carbocycles. The van der Waals surface area contributed by atoms with Gasteiger partial charge >= 0.3 is 0 Å². The molecule has 0 unspecified atom stereocenters. The van der Waals surface area contributed by atoms with Gasteiger partial charge in [0.25, 0.3) is 5.91 Å². The Morgan fingerprint density at radius 3 is 2.65 bits per heavy atom. The molecule has 1 aromatic rings. The van der Waals surface area contributed by atoms with Crippen LogP contribution in [0, 0.1) is 23.0 Å². The average molecular weight is 281 g/mol. The van der Waals surface area contributed by atoms with Crippen molar-refractivity contribution >= 4 is 11.8 Å². The van der Waals surface area contributed by atoms with Crippen molar-refractivity contribution in [1.82, 2.24) is 5.32 Å². The first-order valence-corrected chi connectivity index (χ1v) is 5.88. The molecule has 0 aliphatic rings. The summed E-state index contributed by atoms with van der Waals surface area (Å²) < 4.78 is 26.1. The van der Waals surface area contributed by atoms with Crippen molar-refractivity contribution in [3.8, 4) is 6.07 Å². The predicted octanol–water partition coefficient (Wildman–Crippen LogP) is 1.24. The minimum Gasteiger partial charge on any atom is -0.368 e. The number of hydrogen-bond donors (Lipinski definition) is 2. The summed E-state index contributed by atoms with van der Waals surface area (Å²) in [5.74, 6) is -3.47. The van der Waals surface area contributed by atoms with Crippen molar-refractivity contribution in [2.45, 2.75) is 25.3 Å². The molecular formula is C13H13F2N3O2. The SMILES string of the molecule is N#CCCC[C@H](NC(=O)c1ccc(F)cc1F)C(N)=O. The van der Waals surface area contributed by atoms with Crippen LogP contribution in [0.25, 0.3) is 0 Å². The van der Waals surface area contributed by atoms with E-state index in [1.54, 1.807) is 0 Å². The molecule has 5 nitrogen and oxygen atoms in total. The number of benzene rings is 1. The second kappa shape index (κ2) is 7.19. The fourth-order valence-corrected chi connectivity index (χ4v) is 1.58. The number of nitrogens with one attached hydrogen (secondary N) is 1. The maximum atomic E-state index is 13.4. The monoisotopic (exact) mass is 281 g/mol. The van der Waals surface area contributed by atoms with Gasteiger partial charge in [-0.1, -0.05) is 0 Å². The van der Waals surface area contributed by atoms with Crippen molar-refractivity contribution in [1.29, 1.82) is 5.26 Å². The lowest BCUT2D eigenvalue weighted by molar-refractivity contribution is -0.120. The number of carbonyl (C=O) groups is 2. The zero-order valence-corrected chi connectivity index (χ0v) is 10.5. The summed E-state index contributed by atoms with van der Waals surface area (Å²) in [4.78, 5) is 22.9. The van der Waals surface area contributed by atoms with Crippen LogP contribution in [-0.2, 0) is 4.79 Å². The molecule has 0 heterocycles. The number of amides is 2. The standard InChI is InChI=1S/C13H13F2N3O2/c14-8-4-5-9(10(15)7-8)13(20)18-11(12(17)19)3-1-2-6-16/h4-5,7,11H,1-3H2,(H2,17,19)(H,18,20)/t11-/m0/s1. The lowest BCUT2D eigenvalue weighted by atomic mass is 10.1. The maximum absolute atomic E-state index is 13.4. The maximum Gasteiger partial charge on any atom is 0.254 e. The van der Waals surface area contributed by atoms with Crippen LogP contribution in [0.3, 0.4) is 0 Å². The molecule has 7 heteroatoms. The second-order valence-corrected chi connectivity index (χ2v) is 4.10. The van der Waals surface area contributed by atoms with Gasteiger partial charge in [0, 0.05) is 12.5 Å². The molecular weight excluding hydrogens is 268 g/mol. The third-order valence-corrected chi connectivity index (χ3v) is 2.61. The summed E-state index contributed by atoms with van der Waals surface area (Å²) in [6.07, 6.45) is 0.762. The Morgan fingerprint density at radius 2 is 2.10 bits per heavy atom. The minimum atomic E-state index is -1.03. The number of carbonyl (C=O) groups excluding carboxylic acids is 2. The molecule has 0 aliphatic heterocycles. The molecule has 0 radical (unpaired) electrons. The lowest BCUT2D eigenvalue weighted by Gasteiger charge is -2.15. The van der Waals surface area contributed by atoms with Crippen LogP contribution in [0.15, 0.2) is 18.2 Å². The van der Waals surface area contributed by atoms with Gasteiger partial charge in [0.1, 0.15) is 17.7 Å². The molecule has 0 spiro atoms. The summed E-state index contributed by atoms with van der Waals surface area (Å²) in [5, 5.41) is 10.7. The van der Waals surface area contributed by atoms with Gasteiger partial charge in [-0.2, -0.15) is 5.26 Å². The van der Waals surface area contributed by atoms with Gasteiger partial charge in [0.15, 0.2) is 0 Å². The van der Waals surface area contributed by atoms with Gasteiger partial charge < -0.3 is 11.1 Å². The quantitative estimate of drug-likeness (QED) is 0.768. The molecule has 0 bridgehead atoms. The molecule has 0 fully saturated rings. The van der Waals surface area contributed by atoms with Crippen LogP contribution < -0.4 is 11.1 Å². The Balaban J connectivity index is 2.75. The number of nitrogens with two attached hydrogens (primary N) is 1. The van der Waals surface area contributed by atoms with Crippen LogP contribution in [0.5, 0.6) is 0 Å². The normalized spacial score (nSPS) is 11.4. The summed E-state index contributed by atoms with van der Waals surface area (Å²) >= 11 is 0. The first-order chi connectivity index (χ1) is 9.45. The van der Waals surface area contributed by atoms with Crippen molar-refractivity contribution in [2.75, 3.05) is 0 Å². The van der Waals surface area contributed by atoms with Crippen LogP contribution in [0.4, 0.5) is 8.78 Å². The van der Waals surface area contributed by atoms with Gasteiger partial charge in [-0.25, -0.2) is 8.78 Å². The Labute approximate surface area is 114 Å². The first-order valence-electron chi connectivity index (χ1n) is 5.88. The van der Waals surface area contributed by atoms with Crippen LogP contribution in [0.2, 0.25) is 0 Å². The van der Waals surface area contributed by atoms with E-state index in [2.05, 4.69) is 5.32 Å². The van der Waals surface area contributed by atoms with Gasteiger partial charge in [0.2, 0.25) is 5.91 Å². The van der Waals surface area contributed by atoms with E-state index < -0.39 is 29.5 Å². The largest absolute Gasteiger partial charge is 0.368 e. The Kier molecular flexibility index (Phi) is 5.59. The molecule has 3 N–H and O–H groups in total. The van der Waals surface area contributed by atoms with Crippen LogP contribution >= 0.6 is 0 Å².